The van der Waals surface area contributed by atoms with Crippen molar-refractivity contribution < 1.29 is 4.79 Å². The maximum Gasteiger partial charge on any atom is 0.243 e. The fourth-order valence-electron chi connectivity index (χ4n) is 4.29. The molecule has 6 nitrogen and oxygen atoms in total. The first-order valence-corrected chi connectivity index (χ1v) is 11.4. The number of carbonyl (C=O) groups is 1. The van der Waals surface area contributed by atoms with E-state index in [0.717, 1.165) is 57.0 Å². The van der Waals surface area contributed by atoms with Gasteiger partial charge in [0.05, 0.1) is 17.7 Å². The molecule has 1 aromatic carbocycles. The number of hydrogen-bond donors (Lipinski definition) is 1. The third kappa shape index (κ3) is 5.29. The highest BCUT2D eigenvalue weighted by molar-refractivity contribution is 5.83. The highest BCUT2D eigenvalue weighted by Gasteiger charge is 2.36. The molecule has 3 rings (SSSR count). The monoisotopic (exact) mass is 411 g/mol. The second-order valence-corrected chi connectivity index (χ2v) is 8.36. The van der Waals surface area contributed by atoms with Gasteiger partial charge in [-0.3, -0.25) is 9.69 Å². The number of rotatable bonds is 10. The molecule has 0 radical (unpaired) electrons. The first-order valence-electron chi connectivity index (χ1n) is 11.4. The maximum absolute atomic E-state index is 13.4. The fraction of sp³-hybridized carbons (Fsp3) is 0.583. The van der Waals surface area contributed by atoms with E-state index in [4.69, 9.17) is 0 Å². The van der Waals surface area contributed by atoms with Gasteiger partial charge in [0.25, 0.3) is 0 Å². The van der Waals surface area contributed by atoms with Gasteiger partial charge in [0.15, 0.2) is 0 Å². The maximum atomic E-state index is 13.4. The Labute approximate surface area is 181 Å². The van der Waals surface area contributed by atoms with Crippen molar-refractivity contribution in [1.29, 1.82) is 0 Å². The lowest BCUT2D eigenvalue weighted by atomic mass is 10.00. The van der Waals surface area contributed by atoms with Crippen molar-refractivity contribution in [2.45, 2.75) is 59.2 Å². The topological polar surface area (TPSA) is 53.4 Å². The lowest BCUT2D eigenvalue weighted by Gasteiger charge is -2.36. The summed E-state index contributed by atoms with van der Waals surface area (Å²) in [6.07, 6.45) is 3.75. The zero-order valence-electron chi connectivity index (χ0n) is 19.0. The van der Waals surface area contributed by atoms with E-state index in [9.17, 15) is 4.79 Å². The SMILES string of the molecule is CCN(CC)CCCNC(=O)[C@H]1c2c(ncn2C(C)C)CCN1Cc1ccccc1. The van der Waals surface area contributed by atoms with Gasteiger partial charge in [-0.05, 0) is 45.5 Å². The molecule has 0 bridgehead atoms. The van der Waals surface area contributed by atoms with E-state index in [1.165, 1.54) is 5.56 Å². The predicted molar refractivity (Wildman–Crippen MR) is 121 cm³/mol. The highest BCUT2D eigenvalue weighted by atomic mass is 16.2. The van der Waals surface area contributed by atoms with Crippen molar-refractivity contribution in [1.82, 2.24) is 24.7 Å². The van der Waals surface area contributed by atoms with Crippen LogP contribution in [0.25, 0.3) is 0 Å². The number of benzene rings is 1. The number of imidazole rings is 1. The van der Waals surface area contributed by atoms with E-state index < -0.39 is 0 Å². The van der Waals surface area contributed by atoms with Crippen LogP contribution in [0, 0.1) is 0 Å². The lowest BCUT2D eigenvalue weighted by Crippen LogP contribution is -2.45. The Bertz CT molecular complexity index is 797. The van der Waals surface area contributed by atoms with Crippen molar-refractivity contribution >= 4 is 5.91 Å². The summed E-state index contributed by atoms with van der Waals surface area (Å²) in [5.74, 6) is 0.0915. The van der Waals surface area contributed by atoms with E-state index in [1.54, 1.807) is 0 Å². The Kier molecular flexibility index (Phi) is 8.05. The molecule has 1 aliphatic heterocycles. The summed E-state index contributed by atoms with van der Waals surface area (Å²) < 4.78 is 2.17. The third-order valence-corrected chi connectivity index (χ3v) is 6.05. The van der Waals surface area contributed by atoms with Gasteiger partial charge in [-0.1, -0.05) is 44.2 Å². The largest absolute Gasteiger partial charge is 0.354 e. The minimum Gasteiger partial charge on any atom is -0.354 e. The zero-order chi connectivity index (χ0) is 21.5. The summed E-state index contributed by atoms with van der Waals surface area (Å²) in [6.45, 7) is 14.1. The van der Waals surface area contributed by atoms with Gasteiger partial charge >= 0.3 is 0 Å². The molecule has 164 valence electrons. The molecule has 0 fully saturated rings. The standard InChI is InChI=1S/C24H37N5O/c1-5-27(6-2)15-10-14-25-24(30)23-22-21(26-18-29(22)19(3)4)13-16-28(23)17-20-11-8-7-9-12-20/h7-9,11-12,18-19,23H,5-6,10,13-17H2,1-4H3,(H,25,30)/t23-/m1/s1. The van der Waals surface area contributed by atoms with Crippen molar-refractivity contribution in [3.8, 4) is 0 Å². The molecule has 1 aromatic heterocycles. The van der Waals surface area contributed by atoms with Crippen LogP contribution in [0.1, 0.15) is 63.2 Å². The Morgan fingerprint density at radius 3 is 2.63 bits per heavy atom. The van der Waals surface area contributed by atoms with Crippen LogP contribution in [0.5, 0.6) is 0 Å². The molecule has 2 heterocycles. The average molecular weight is 412 g/mol. The molecule has 2 aromatic rings. The van der Waals surface area contributed by atoms with Gasteiger partial charge in [-0.25, -0.2) is 4.98 Å². The van der Waals surface area contributed by atoms with Gasteiger partial charge < -0.3 is 14.8 Å². The van der Waals surface area contributed by atoms with E-state index in [1.807, 2.05) is 12.4 Å². The zero-order valence-corrected chi connectivity index (χ0v) is 19.0. The first kappa shape index (κ1) is 22.5. The molecular formula is C24H37N5O. The summed E-state index contributed by atoms with van der Waals surface area (Å²) in [5.41, 5.74) is 3.36. The van der Waals surface area contributed by atoms with Crippen LogP contribution in [0.3, 0.4) is 0 Å². The van der Waals surface area contributed by atoms with E-state index in [2.05, 4.69) is 76.6 Å². The van der Waals surface area contributed by atoms with E-state index in [0.29, 0.717) is 6.54 Å². The Morgan fingerprint density at radius 1 is 1.23 bits per heavy atom. The summed E-state index contributed by atoms with van der Waals surface area (Å²) in [7, 11) is 0. The molecule has 6 heteroatoms. The fourth-order valence-corrected chi connectivity index (χ4v) is 4.29. The molecule has 30 heavy (non-hydrogen) atoms. The minimum absolute atomic E-state index is 0.0915. The molecule has 0 unspecified atom stereocenters. The second kappa shape index (κ2) is 10.7. The Hall–Kier alpha value is -2.18. The van der Waals surface area contributed by atoms with Crippen LogP contribution in [-0.2, 0) is 17.8 Å². The highest BCUT2D eigenvalue weighted by Crippen LogP contribution is 2.32. The molecule has 1 amide bonds. The molecular weight excluding hydrogens is 374 g/mol. The Morgan fingerprint density at radius 2 is 1.97 bits per heavy atom. The first-order chi connectivity index (χ1) is 14.5. The van der Waals surface area contributed by atoms with E-state index in [-0.39, 0.29) is 18.0 Å². The van der Waals surface area contributed by atoms with E-state index >= 15 is 0 Å². The van der Waals surface area contributed by atoms with Crippen LogP contribution in [0.15, 0.2) is 36.7 Å². The smallest absolute Gasteiger partial charge is 0.243 e. The Balaban J connectivity index is 1.77. The number of amides is 1. The number of aromatic nitrogens is 2. The van der Waals surface area contributed by atoms with Crippen LogP contribution < -0.4 is 5.32 Å². The predicted octanol–water partition coefficient (Wildman–Crippen LogP) is 3.41. The number of nitrogens with one attached hydrogen (secondary N) is 1. The molecule has 1 aliphatic rings. The minimum atomic E-state index is -0.299. The third-order valence-electron chi connectivity index (χ3n) is 6.05. The summed E-state index contributed by atoms with van der Waals surface area (Å²) >= 11 is 0. The molecule has 0 saturated carbocycles. The molecule has 1 atom stereocenters. The van der Waals surface area contributed by atoms with Crippen molar-refractivity contribution in [3.05, 3.63) is 53.6 Å². The molecule has 1 N–H and O–H groups in total. The number of fused-ring (bicyclic) bond motifs is 1. The van der Waals surface area contributed by atoms with Gasteiger partial charge in [0, 0.05) is 32.1 Å². The summed E-state index contributed by atoms with van der Waals surface area (Å²) in [4.78, 5) is 22.7. The van der Waals surface area contributed by atoms with Crippen molar-refractivity contribution in [2.24, 2.45) is 0 Å². The van der Waals surface area contributed by atoms with Gasteiger partial charge in [-0.15, -0.1) is 0 Å². The second-order valence-electron chi connectivity index (χ2n) is 8.36. The van der Waals surface area contributed by atoms with Gasteiger partial charge in [0.1, 0.15) is 6.04 Å². The van der Waals surface area contributed by atoms with Crippen LogP contribution in [0.2, 0.25) is 0 Å². The normalized spacial score (nSPS) is 16.8. The molecule has 0 aliphatic carbocycles. The number of carbonyl (C=O) groups excluding carboxylic acids is 1. The van der Waals surface area contributed by atoms with Crippen molar-refractivity contribution in [2.75, 3.05) is 32.7 Å². The summed E-state index contributed by atoms with van der Waals surface area (Å²) in [6, 6.07) is 10.4. The van der Waals surface area contributed by atoms with Gasteiger partial charge in [-0.2, -0.15) is 0 Å². The van der Waals surface area contributed by atoms with Crippen LogP contribution >= 0.6 is 0 Å². The van der Waals surface area contributed by atoms with Crippen LogP contribution in [-0.4, -0.2) is 58.0 Å². The van der Waals surface area contributed by atoms with Gasteiger partial charge in [0.2, 0.25) is 5.91 Å². The average Bonchev–Trinajstić information content (AvgIpc) is 3.19. The lowest BCUT2D eigenvalue weighted by molar-refractivity contribution is -0.127. The number of hydrogen-bond acceptors (Lipinski definition) is 4. The van der Waals surface area contributed by atoms with Crippen LogP contribution in [0.4, 0.5) is 0 Å². The van der Waals surface area contributed by atoms with Crippen molar-refractivity contribution in [3.63, 3.8) is 0 Å². The summed E-state index contributed by atoms with van der Waals surface area (Å²) in [5, 5.41) is 3.22. The number of nitrogens with zero attached hydrogens (tertiary/aromatic N) is 4. The molecule has 0 spiro atoms. The molecule has 0 saturated heterocycles. The quantitative estimate of drug-likeness (QED) is 0.609.